The lowest BCUT2D eigenvalue weighted by Crippen LogP contribution is -2.25. The molecule has 0 saturated heterocycles. The molecule has 0 unspecified atom stereocenters. The first-order valence-electron chi connectivity index (χ1n) is 7.30. The van der Waals surface area contributed by atoms with E-state index in [4.69, 9.17) is 11.6 Å². The highest BCUT2D eigenvalue weighted by molar-refractivity contribution is 7.18. The fraction of sp³-hybridized carbons (Fsp3) is 0.600. The van der Waals surface area contributed by atoms with Crippen molar-refractivity contribution in [2.24, 2.45) is 5.41 Å². The Morgan fingerprint density at radius 3 is 2.85 bits per heavy atom. The number of fused-ring (bicyclic) bond motifs is 3. The smallest absolute Gasteiger partial charge is 0.259 e. The van der Waals surface area contributed by atoms with Gasteiger partial charge < -0.3 is 4.98 Å². The minimum Gasteiger partial charge on any atom is -0.309 e. The average molecular weight is 309 g/mol. The summed E-state index contributed by atoms with van der Waals surface area (Å²) in [6, 6.07) is 0. The second kappa shape index (κ2) is 4.57. The van der Waals surface area contributed by atoms with Crippen molar-refractivity contribution in [2.45, 2.75) is 50.8 Å². The Hall–Kier alpha value is -0.870. The molecule has 2 aromatic heterocycles. The Labute approximate surface area is 126 Å². The van der Waals surface area contributed by atoms with E-state index in [1.54, 1.807) is 11.3 Å². The van der Waals surface area contributed by atoms with Gasteiger partial charge in [-0.05, 0) is 43.1 Å². The van der Waals surface area contributed by atoms with Crippen LogP contribution in [0.2, 0.25) is 0 Å². The second-order valence-electron chi connectivity index (χ2n) is 6.21. The molecule has 3 nitrogen and oxygen atoms in total. The van der Waals surface area contributed by atoms with Gasteiger partial charge in [0.1, 0.15) is 10.7 Å². The van der Waals surface area contributed by atoms with E-state index in [1.165, 1.54) is 42.5 Å². The van der Waals surface area contributed by atoms with Crippen molar-refractivity contribution in [3.8, 4) is 0 Å². The van der Waals surface area contributed by atoms with Crippen LogP contribution >= 0.6 is 22.9 Å². The van der Waals surface area contributed by atoms with Gasteiger partial charge in [0.15, 0.2) is 0 Å². The van der Waals surface area contributed by atoms with Gasteiger partial charge in [-0.2, -0.15) is 0 Å². The van der Waals surface area contributed by atoms with Gasteiger partial charge in [-0.25, -0.2) is 4.98 Å². The summed E-state index contributed by atoms with van der Waals surface area (Å²) < 4.78 is 0. The van der Waals surface area contributed by atoms with Crippen LogP contribution in [0.1, 0.15) is 48.4 Å². The lowest BCUT2D eigenvalue weighted by atomic mass is 9.73. The largest absolute Gasteiger partial charge is 0.309 e. The first-order chi connectivity index (χ1) is 9.71. The number of alkyl halides is 1. The predicted octanol–water partition coefficient (Wildman–Crippen LogP) is 3.77. The number of aromatic nitrogens is 2. The fourth-order valence-corrected chi connectivity index (χ4v) is 5.54. The highest BCUT2D eigenvalue weighted by Crippen LogP contribution is 2.50. The summed E-state index contributed by atoms with van der Waals surface area (Å²) in [5.74, 6) is 0.843. The second-order valence-corrected chi connectivity index (χ2v) is 7.56. The minimum atomic E-state index is -0.00878. The summed E-state index contributed by atoms with van der Waals surface area (Å²) in [6.45, 7) is 0. The van der Waals surface area contributed by atoms with Crippen LogP contribution < -0.4 is 5.56 Å². The van der Waals surface area contributed by atoms with Gasteiger partial charge in [0.05, 0.1) is 11.3 Å². The summed E-state index contributed by atoms with van der Waals surface area (Å²) in [5.41, 5.74) is 1.78. The molecule has 0 amide bonds. The molecule has 0 radical (unpaired) electrons. The molecule has 2 aromatic rings. The molecule has 0 aliphatic heterocycles. The molecule has 106 valence electrons. The SMILES string of the molecule is O=c1[nH]c(CCl)nc2sc3c(c12)CCC1(CCCC1)C3. The molecular formula is C15H17ClN2OS. The lowest BCUT2D eigenvalue weighted by molar-refractivity contribution is 0.258. The molecule has 1 saturated carbocycles. The van der Waals surface area contributed by atoms with Gasteiger partial charge in [-0.1, -0.05) is 12.8 Å². The molecule has 0 aromatic carbocycles. The molecule has 20 heavy (non-hydrogen) atoms. The minimum absolute atomic E-state index is 0.00878. The standard InChI is InChI=1S/C15H17ClN2OS/c16-8-11-17-13(19)12-9-3-6-15(4-1-2-5-15)7-10(9)20-14(12)18-11/h1-8H2,(H,17,18,19). The Morgan fingerprint density at radius 2 is 2.10 bits per heavy atom. The van der Waals surface area contributed by atoms with Crippen LogP contribution in [0.25, 0.3) is 10.2 Å². The Kier molecular flexibility index (Phi) is 2.93. The van der Waals surface area contributed by atoms with Crippen molar-refractivity contribution in [2.75, 3.05) is 0 Å². The van der Waals surface area contributed by atoms with Gasteiger partial charge in [0.25, 0.3) is 5.56 Å². The number of nitrogens with zero attached hydrogens (tertiary/aromatic N) is 1. The predicted molar refractivity (Wildman–Crippen MR) is 82.7 cm³/mol. The van der Waals surface area contributed by atoms with E-state index < -0.39 is 0 Å². The third kappa shape index (κ3) is 1.85. The van der Waals surface area contributed by atoms with Gasteiger partial charge in [0, 0.05) is 4.88 Å². The molecular weight excluding hydrogens is 292 g/mol. The number of halogens is 1. The number of nitrogens with one attached hydrogen (secondary N) is 1. The molecule has 2 aliphatic rings. The summed E-state index contributed by atoms with van der Waals surface area (Å²) in [4.78, 5) is 21.8. The van der Waals surface area contributed by atoms with Gasteiger partial charge in [-0.15, -0.1) is 22.9 Å². The number of aromatic amines is 1. The maximum absolute atomic E-state index is 12.3. The highest BCUT2D eigenvalue weighted by Gasteiger charge is 2.38. The first kappa shape index (κ1) is 12.8. The van der Waals surface area contributed by atoms with E-state index in [9.17, 15) is 4.79 Å². The fourth-order valence-electron chi connectivity index (χ4n) is 4.00. The highest BCUT2D eigenvalue weighted by atomic mass is 35.5. The number of hydrogen-bond acceptors (Lipinski definition) is 3. The molecule has 1 N–H and O–H groups in total. The number of H-pyrrole nitrogens is 1. The molecule has 0 bridgehead atoms. The van der Waals surface area contributed by atoms with Crippen LogP contribution in [0, 0.1) is 5.41 Å². The number of aryl methyl sites for hydroxylation is 1. The summed E-state index contributed by atoms with van der Waals surface area (Å²) in [6.07, 6.45) is 8.89. The maximum atomic E-state index is 12.3. The van der Waals surface area contributed by atoms with Crippen molar-refractivity contribution >= 4 is 33.2 Å². The molecule has 0 atom stereocenters. The number of rotatable bonds is 1. The first-order valence-corrected chi connectivity index (χ1v) is 8.65. The van der Waals surface area contributed by atoms with Crippen LogP contribution in [0.3, 0.4) is 0 Å². The van der Waals surface area contributed by atoms with Crippen LogP contribution in [0.15, 0.2) is 4.79 Å². The van der Waals surface area contributed by atoms with E-state index in [0.717, 1.165) is 23.1 Å². The van der Waals surface area contributed by atoms with Crippen molar-refractivity contribution in [3.63, 3.8) is 0 Å². The molecule has 2 aliphatic carbocycles. The zero-order valence-corrected chi connectivity index (χ0v) is 12.9. The topological polar surface area (TPSA) is 45.8 Å². The van der Waals surface area contributed by atoms with E-state index >= 15 is 0 Å². The maximum Gasteiger partial charge on any atom is 0.259 e. The summed E-state index contributed by atoms with van der Waals surface area (Å²) in [5, 5.41) is 0.826. The normalized spacial score (nSPS) is 20.6. The summed E-state index contributed by atoms with van der Waals surface area (Å²) in [7, 11) is 0. The van der Waals surface area contributed by atoms with Crippen LogP contribution in [-0.2, 0) is 18.7 Å². The van der Waals surface area contributed by atoms with Crippen molar-refractivity contribution in [1.29, 1.82) is 0 Å². The Bertz CT molecular complexity index is 727. The molecule has 5 heteroatoms. The van der Waals surface area contributed by atoms with Gasteiger partial charge >= 0.3 is 0 Å². The monoisotopic (exact) mass is 308 g/mol. The van der Waals surface area contributed by atoms with Crippen molar-refractivity contribution in [3.05, 3.63) is 26.6 Å². The van der Waals surface area contributed by atoms with E-state index in [-0.39, 0.29) is 11.4 Å². The molecule has 1 fully saturated rings. The third-order valence-electron chi connectivity index (χ3n) is 5.03. The average Bonchev–Trinajstić information content (AvgIpc) is 3.03. The van der Waals surface area contributed by atoms with Crippen LogP contribution in [-0.4, -0.2) is 9.97 Å². The van der Waals surface area contributed by atoms with Gasteiger partial charge in [0.2, 0.25) is 0 Å². The van der Waals surface area contributed by atoms with Crippen LogP contribution in [0.4, 0.5) is 0 Å². The van der Waals surface area contributed by atoms with Crippen molar-refractivity contribution < 1.29 is 0 Å². The summed E-state index contributed by atoms with van der Waals surface area (Å²) >= 11 is 7.51. The lowest BCUT2D eigenvalue weighted by Gasteiger charge is -2.33. The van der Waals surface area contributed by atoms with E-state index in [1.807, 2.05) is 0 Å². The molecule has 2 heterocycles. The zero-order chi connectivity index (χ0) is 13.7. The Balaban J connectivity index is 1.86. The third-order valence-corrected chi connectivity index (χ3v) is 6.40. The number of hydrogen-bond donors (Lipinski definition) is 1. The van der Waals surface area contributed by atoms with E-state index in [2.05, 4.69) is 9.97 Å². The quantitative estimate of drug-likeness (QED) is 0.815. The molecule has 1 spiro atoms. The molecule has 4 rings (SSSR count). The van der Waals surface area contributed by atoms with Crippen LogP contribution in [0.5, 0.6) is 0 Å². The van der Waals surface area contributed by atoms with Gasteiger partial charge in [-0.3, -0.25) is 4.79 Å². The van der Waals surface area contributed by atoms with Crippen molar-refractivity contribution in [1.82, 2.24) is 9.97 Å². The van der Waals surface area contributed by atoms with E-state index in [0.29, 0.717) is 11.2 Å². The number of thiophene rings is 1. The Morgan fingerprint density at radius 1 is 1.30 bits per heavy atom. The zero-order valence-electron chi connectivity index (χ0n) is 11.3.